The van der Waals surface area contributed by atoms with Gasteiger partial charge in [-0.3, -0.25) is 0 Å². The van der Waals surface area contributed by atoms with Gasteiger partial charge >= 0.3 is 5.97 Å². The summed E-state index contributed by atoms with van der Waals surface area (Å²) in [6.07, 6.45) is 0.257. The first-order chi connectivity index (χ1) is 6.91. The number of nitrogens with two attached hydrogens (primary N) is 1. The fraction of sp³-hybridized carbons (Fsp3) is 0.375. The number of sulfone groups is 1. The third kappa shape index (κ3) is 1.72. The van der Waals surface area contributed by atoms with Gasteiger partial charge in [0.1, 0.15) is 5.00 Å². The van der Waals surface area contributed by atoms with Crippen molar-refractivity contribution in [2.75, 3.05) is 11.5 Å². The van der Waals surface area contributed by atoms with E-state index in [9.17, 15) is 13.2 Å². The monoisotopic (exact) mass is 247 g/mol. The molecule has 1 aromatic rings. The molecule has 3 N–H and O–H groups in total. The number of nitrogen functional groups attached to an aromatic ring is 1. The minimum Gasteiger partial charge on any atom is -0.478 e. The molecule has 0 radical (unpaired) electrons. The first-order valence-corrected chi connectivity index (χ1v) is 6.88. The normalized spacial score (nSPS) is 18.4. The molecule has 2 rings (SSSR count). The lowest BCUT2D eigenvalue weighted by atomic mass is 10.1. The van der Waals surface area contributed by atoms with Crippen LogP contribution in [0.5, 0.6) is 0 Å². The highest BCUT2D eigenvalue weighted by Crippen LogP contribution is 2.35. The van der Waals surface area contributed by atoms with Gasteiger partial charge in [-0.2, -0.15) is 0 Å². The smallest absolute Gasteiger partial charge is 0.338 e. The van der Waals surface area contributed by atoms with Crippen LogP contribution in [0.2, 0.25) is 0 Å². The van der Waals surface area contributed by atoms with Gasteiger partial charge in [0.05, 0.1) is 17.1 Å². The Bertz CT molecular complexity index is 529. The molecule has 7 heteroatoms. The molecule has 0 aliphatic carbocycles. The van der Waals surface area contributed by atoms with E-state index in [-0.39, 0.29) is 28.5 Å². The molecule has 0 saturated carbocycles. The van der Waals surface area contributed by atoms with E-state index in [2.05, 4.69) is 0 Å². The molecule has 1 aromatic heterocycles. The molecule has 0 aromatic carbocycles. The summed E-state index contributed by atoms with van der Waals surface area (Å²) < 4.78 is 22.6. The van der Waals surface area contributed by atoms with E-state index < -0.39 is 15.8 Å². The van der Waals surface area contributed by atoms with Crippen LogP contribution in [0.4, 0.5) is 5.00 Å². The van der Waals surface area contributed by atoms with Crippen LogP contribution in [0.15, 0.2) is 0 Å². The quantitative estimate of drug-likeness (QED) is 0.753. The second-order valence-electron chi connectivity index (χ2n) is 3.39. The SMILES string of the molecule is Nc1sc2c(c1C(=O)O)CCS(=O)(=O)C2. The minimum absolute atomic E-state index is 0.0104. The second-order valence-corrected chi connectivity index (χ2v) is 6.71. The van der Waals surface area contributed by atoms with Gasteiger partial charge in [-0.05, 0) is 12.0 Å². The second kappa shape index (κ2) is 3.21. The summed E-state index contributed by atoms with van der Waals surface area (Å²) in [7, 11) is -3.06. The Morgan fingerprint density at radius 3 is 2.73 bits per heavy atom. The number of carboxylic acid groups (broad SMARTS) is 1. The zero-order chi connectivity index (χ0) is 11.2. The van der Waals surface area contributed by atoms with Crippen LogP contribution in [-0.2, 0) is 22.0 Å². The Hall–Kier alpha value is -1.08. The minimum atomic E-state index is -3.06. The fourth-order valence-electron chi connectivity index (χ4n) is 1.68. The Kier molecular flexibility index (Phi) is 2.23. The van der Waals surface area contributed by atoms with E-state index in [0.717, 1.165) is 11.3 Å². The molecule has 0 atom stereocenters. The summed E-state index contributed by atoms with van der Waals surface area (Å²) in [5, 5.41) is 9.12. The number of anilines is 1. The third-order valence-electron chi connectivity index (χ3n) is 2.35. The Morgan fingerprint density at radius 2 is 2.13 bits per heavy atom. The van der Waals surface area contributed by atoms with Crippen molar-refractivity contribution in [1.82, 2.24) is 0 Å². The van der Waals surface area contributed by atoms with Gasteiger partial charge in [-0.25, -0.2) is 13.2 Å². The van der Waals surface area contributed by atoms with Gasteiger partial charge < -0.3 is 10.8 Å². The van der Waals surface area contributed by atoms with Crippen LogP contribution in [0.1, 0.15) is 20.8 Å². The molecule has 1 aliphatic rings. The van der Waals surface area contributed by atoms with Crippen molar-refractivity contribution >= 4 is 32.1 Å². The van der Waals surface area contributed by atoms with Crippen LogP contribution >= 0.6 is 11.3 Å². The molecule has 0 fully saturated rings. The summed E-state index contributed by atoms with van der Waals surface area (Å²) in [5.74, 6) is -1.15. The van der Waals surface area contributed by atoms with Crippen LogP contribution in [0, 0.1) is 0 Å². The van der Waals surface area contributed by atoms with Crippen molar-refractivity contribution in [1.29, 1.82) is 0 Å². The number of thiophene rings is 1. The summed E-state index contributed by atoms with van der Waals surface area (Å²) >= 11 is 1.07. The molecule has 15 heavy (non-hydrogen) atoms. The maximum absolute atomic E-state index is 11.3. The van der Waals surface area contributed by atoms with Crippen molar-refractivity contribution in [2.24, 2.45) is 0 Å². The number of rotatable bonds is 1. The zero-order valence-corrected chi connectivity index (χ0v) is 9.32. The lowest BCUT2D eigenvalue weighted by molar-refractivity contribution is 0.0697. The molecule has 0 unspecified atom stereocenters. The Morgan fingerprint density at radius 1 is 1.47 bits per heavy atom. The number of aromatic carboxylic acids is 1. The predicted octanol–water partition coefficient (Wildman–Crippen LogP) is 0.499. The summed E-state index contributed by atoms with van der Waals surface area (Å²) in [5.41, 5.74) is 6.24. The average Bonchev–Trinajstić information content (AvgIpc) is 2.37. The van der Waals surface area contributed by atoms with E-state index in [1.807, 2.05) is 0 Å². The number of hydrogen-bond donors (Lipinski definition) is 2. The summed E-state index contributed by atoms with van der Waals surface area (Å²) in [6.45, 7) is 0. The lowest BCUT2D eigenvalue weighted by Gasteiger charge is -2.11. The number of carbonyl (C=O) groups is 1. The highest BCUT2D eigenvalue weighted by molar-refractivity contribution is 7.90. The topological polar surface area (TPSA) is 97.5 Å². The predicted molar refractivity (Wildman–Crippen MR) is 56.9 cm³/mol. The standard InChI is InChI=1S/C8H9NO4S2/c9-7-6(8(10)11)4-1-2-15(12,13)3-5(4)14-7/h1-3,9H2,(H,10,11). The van der Waals surface area contributed by atoms with Gasteiger partial charge in [0.2, 0.25) is 0 Å². The molecular formula is C8H9NO4S2. The first kappa shape index (κ1) is 10.4. The van der Waals surface area contributed by atoms with Crippen LogP contribution in [0.3, 0.4) is 0 Å². The van der Waals surface area contributed by atoms with Gasteiger partial charge in [0.25, 0.3) is 0 Å². The maximum atomic E-state index is 11.3. The molecule has 0 saturated heterocycles. The molecule has 82 valence electrons. The van der Waals surface area contributed by atoms with Crippen LogP contribution < -0.4 is 5.73 Å². The van der Waals surface area contributed by atoms with Crippen LogP contribution in [0.25, 0.3) is 0 Å². The van der Waals surface area contributed by atoms with Gasteiger partial charge in [0.15, 0.2) is 9.84 Å². The number of carboxylic acids is 1. The Labute approximate surface area is 90.4 Å². The Balaban J connectivity index is 2.58. The van der Waals surface area contributed by atoms with E-state index in [4.69, 9.17) is 10.8 Å². The molecule has 1 aliphatic heterocycles. The number of hydrogen-bond acceptors (Lipinski definition) is 5. The van der Waals surface area contributed by atoms with Gasteiger partial charge in [0, 0.05) is 4.88 Å². The molecule has 2 heterocycles. The van der Waals surface area contributed by atoms with Crippen LogP contribution in [-0.4, -0.2) is 25.2 Å². The van der Waals surface area contributed by atoms with Crippen molar-refractivity contribution < 1.29 is 18.3 Å². The van der Waals surface area contributed by atoms with E-state index in [1.165, 1.54) is 0 Å². The molecule has 0 bridgehead atoms. The summed E-state index contributed by atoms with van der Waals surface area (Å²) in [4.78, 5) is 11.5. The van der Waals surface area contributed by atoms with Crippen molar-refractivity contribution in [3.05, 3.63) is 16.0 Å². The average molecular weight is 247 g/mol. The molecule has 0 amide bonds. The van der Waals surface area contributed by atoms with Crippen molar-refractivity contribution in [2.45, 2.75) is 12.2 Å². The largest absolute Gasteiger partial charge is 0.478 e. The first-order valence-electron chi connectivity index (χ1n) is 4.24. The highest BCUT2D eigenvalue weighted by Gasteiger charge is 2.29. The van der Waals surface area contributed by atoms with E-state index in [0.29, 0.717) is 10.4 Å². The van der Waals surface area contributed by atoms with Crippen molar-refractivity contribution in [3.63, 3.8) is 0 Å². The highest BCUT2D eigenvalue weighted by atomic mass is 32.2. The van der Waals surface area contributed by atoms with Gasteiger partial charge in [-0.1, -0.05) is 0 Å². The van der Waals surface area contributed by atoms with E-state index in [1.54, 1.807) is 0 Å². The molecule has 0 spiro atoms. The van der Waals surface area contributed by atoms with Gasteiger partial charge in [-0.15, -0.1) is 11.3 Å². The lowest BCUT2D eigenvalue weighted by Crippen LogP contribution is -2.18. The van der Waals surface area contributed by atoms with Crippen molar-refractivity contribution in [3.8, 4) is 0 Å². The maximum Gasteiger partial charge on any atom is 0.338 e. The zero-order valence-electron chi connectivity index (χ0n) is 7.69. The molecular weight excluding hydrogens is 238 g/mol. The van der Waals surface area contributed by atoms with E-state index >= 15 is 0 Å². The number of fused-ring (bicyclic) bond motifs is 1. The summed E-state index contributed by atoms with van der Waals surface area (Å²) in [6, 6.07) is 0. The molecule has 5 nitrogen and oxygen atoms in total. The third-order valence-corrected chi connectivity index (χ3v) is 5.14. The fourth-order valence-corrected chi connectivity index (χ4v) is 4.59.